The van der Waals surface area contributed by atoms with Crippen LogP contribution in [0.2, 0.25) is 0 Å². The molecule has 0 aromatic heterocycles. The van der Waals surface area contributed by atoms with Crippen molar-refractivity contribution >= 4 is 33.7 Å². The molecule has 1 aromatic rings. The molecule has 0 aliphatic carbocycles. The minimum atomic E-state index is -1.56. The summed E-state index contributed by atoms with van der Waals surface area (Å²) in [5, 5.41) is 23.8. The summed E-state index contributed by atoms with van der Waals surface area (Å²) in [6.07, 6.45) is 1.69. The number of phenolic OH excluding ortho intramolecular Hbond substituents is 1. The quantitative estimate of drug-likeness (QED) is 0.533. The topological polar surface area (TPSA) is 107 Å². The SMILES string of the molecule is CCCCN1C(=O)[C@@H]2[C@H](c3cc(Br)ccc3O)N[C@](CC(C)C)(C(=O)O)[C@H]2C1=O. The van der Waals surface area contributed by atoms with Crippen LogP contribution in [0, 0.1) is 17.8 Å². The van der Waals surface area contributed by atoms with Gasteiger partial charge in [-0.3, -0.25) is 24.6 Å². The highest BCUT2D eigenvalue weighted by atomic mass is 79.9. The van der Waals surface area contributed by atoms with Gasteiger partial charge in [0.25, 0.3) is 0 Å². The fraction of sp³-hybridized carbons (Fsp3) is 0.571. The van der Waals surface area contributed by atoms with Gasteiger partial charge in [-0.05, 0) is 37.0 Å². The Balaban J connectivity index is 2.15. The Labute approximate surface area is 178 Å². The molecular weight excluding hydrogens is 440 g/mol. The van der Waals surface area contributed by atoms with Crippen molar-refractivity contribution < 1.29 is 24.6 Å². The van der Waals surface area contributed by atoms with Crippen molar-refractivity contribution in [3.63, 3.8) is 0 Å². The van der Waals surface area contributed by atoms with E-state index < -0.39 is 35.3 Å². The summed E-state index contributed by atoms with van der Waals surface area (Å²) in [6, 6.07) is 4.06. The fourth-order valence-corrected chi connectivity index (χ4v) is 5.14. The second kappa shape index (κ2) is 8.07. The Morgan fingerprint density at radius 2 is 2.00 bits per heavy atom. The summed E-state index contributed by atoms with van der Waals surface area (Å²) >= 11 is 3.37. The molecule has 29 heavy (non-hydrogen) atoms. The molecule has 2 aliphatic rings. The van der Waals surface area contributed by atoms with Crippen LogP contribution in [0.3, 0.4) is 0 Å². The van der Waals surface area contributed by atoms with Crippen molar-refractivity contribution in [2.75, 3.05) is 6.54 Å². The number of nitrogens with one attached hydrogen (secondary N) is 1. The molecule has 2 fully saturated rings. The number of hydrogen-bond acceptors (Lipinski definition) is 5. The van der Waals surface area contributed by atoms with E-state index in [1.54, 1.807) is 12.1 Å². The summed E-state index contributed by atoms with van der Waals surface area (Å²) in [7, 11) is 0. The first kappa shape index (κ1) is 21.8. The normalized spacial score (nSPS) is 29.0. The van der Waals surface area contributed by atoms with E-state index in [1.807, 2.05) is 20.8 Å². The average molecular weight is 467 g/mol. The van der Waals surface area contributed by atoms with Crippen LogP contribution >= 0.6 is 15.9 Å². The zero-order valence-electron chi connectivity index (χ0n) is 16.8. The standard InChI is InChI=1S/C21H27BrN2O5/c1-4-5-8-24-18(26)15-16(19(24)27)21(20(28)29,10-11(2)3)23-17(15)13-9-12(22)6-7-14(13)25/h6-7,9,11,15-17,23,25H,4-5,8,10H2,1-3H3,(H,28,29)/t15-,16+,17-,21-/m0/s1. The van der Waals surface area contributed by atoms with Crippen LogP contribution in [0.1, 0.15) is 51.6 Å². The molecule has 7 nitrogen and oxygen atoms in total. The zero-order chi connectivity index (χ0) is 21.5. The molecular formula is C21H27BrN2O5. The van der Waals surface area contributed by atoms with Crippen LogP contribution in [0.25, 0.3) is 0 Å². The van der Waals surface area contributed by atoms with E-state index in [0.29, 0.717) is 16.5 Å². The van der Waals surface area contributed by atoms with Crippen LogP contribution in [0.15, 0.2) is 22.7 Å². The third-order valence-corrected chi connectivity index (χ3v) is 6.41. The van der Waals surface area contributed by atoms with Gasteiger partial charge in [0.1, 0.15) is 11.3 Å². The number of aromatic hydroxyl groups is 1. The predicted molar refractivity (Wildman–Crippen MR) is 110 cm³/mol. The lowest BCUT2D eigenvalue weighted by molar-refractivity contribution is -0.152. The number of fused-ring (bicyclic) bond motifs is 1. The first-order valence-corrected chi connectivity index (χ1v) is 10.8. The Morgan fingerprint density at radius 1 is 1.31 bits per heavy atom. The van der Waals surface area contributed by atoms with Gasteiger partial charge in [0.05, 0.1) is 11.8 Å². The molecule has 0 spiro atoms. The molecule has 0 saturated carbocycles. The van der Waals surface area contributed by atoms with Crippen molar-refractivity contribution in [2.45, 2.75) is 51.6 Å². The lowest BCUT2D eigenvalue weighted by atomic mass is 9.75. The summed E-state index contributed by atoms with van der Waals surface area (Å²) in [6.45, 7) is 6.04. The number of amides is 2. The average Bonchev–Trinajstić information content (AvgIpc) is 3.10. The fourth-order valence-electron chi connectivity index (χ4n) is 4.76. The van der Waals surface area contributed by atoms with E-state index in [-0.39, 0.29) is 30.5 Å². The van der Waals surface area contributed by atoms with Gasteiger partial charge in [0.15, 0.2) is 0 Å². The highest BCUT2D eigenvalue weighted by Crippen LogP contribution is 2.52. The van der Waals surface area contributed by atoms with Crippen LogP contribution in [-0.2, 0) is 14.4 Å². The Morgan fingerprint density at radius 3 is 2.59 bits per heavy atom. The maximum atomic E-state index is 13.3. The molecule has 8 heteroatoms. The number of rotatable bonds is 7. The number of likely N-dealkylation sites (tertiary alicyclic amines) is 1. The van der Waals surface area contributed by atoms with Gasteiger partial charge >= 0.3 is 5.97 Å². The number of imide groups is 1. The lowest BCUT2D eigenvalue weighted by Crippen LogP contribution is -2.56. The van der Waals surface area contributed by atoms with Gasteiger partial charge in [0.2, 0.25) is 11.8 Å². The van der Waals surface area contributed by atoms with Gasteiger partial charge in [-0.1, -0.05) is 43.1 Å². The molecule has 0 bridgehead atoms. The lowest BCUT2D eigenvalue weighted by Gasteiger charge is -2.32. The van der Waals surface area contributed by atoms with Crippen LogP contribution in [-0.4, -0.2) is 45.0 Å². The molecule has 2 amide bonds. The number of halogens is 1. The van der Waals surface area contributed by atoms with E-state index >= 15 is 0 Å². The first-order chi connectivity index (χ1) is 13.6. The summed E-state index contributed by atoms with van der Waals surface area (Å²) in [5.74, 6) is -3.86. The summed E-state index contributed by atoms with van der Waals surface area (Å²) < 4.78 is 0.694. The minimum Gasteiger partial charge on any atom is -0.508 e. The van der Waals surface area contributed by atoms with Crippen molar-refractivity contribution in [3.05, 3.63) is 28.2 Å². The van der Waals surface area contributed by atoms with E-state index in [4.69, 9.17) is 0 Å². The first-order valence-electron chi connectivity index (χ1n) is 9.98. The van der Waals surface area contributed by atoms with Gasteiger partial charge in [-0.2, -0.15) is 0 Å². The van der Waals surface area contributed by atoms with Crippen LogP contribution in [0.4, 0.5) is 0 Å². The van der Waals surface area contributed by atoms with Crippen molar-refractivity contribution in [2.24, 2.45) is 17.8 Å². The minimum absolute atomic E-state index is 0.0123. The molecule has 4 atom stereocenters. The molecule has 0 radical (unpaired) electrons. The molecule has 1 aromatic carbocycles. The molecule has 2 heterocycles. The maximum absolute atomic E-state index is 13.3. The van der Waals surface area contributed by atoms with E-state index in [0.717, 1.165) is 6.42 Å². The van der Waals surface area contributed by atoms with Crippen molar-refractivity contribution in [1.82, 2.24) is 10.2 Å². The third-order valence-electron chi connectivity index (χ3n) is 5.92. The number of aliphatic carboxylic acids is 1. The molecule has 2 saturated heterocycles. The van der Waals surface area contributed by atoms with E-state index in [2.05, 4.69) is 21.2 Å². The number of carboxylic acids is 1. The predicted octanol–water partition coefficient (Wildman–Crippen LogP) is 3.07. The second-order valence-corrected chi connectivity index (χ2v) is 9.30. The van der Waals surface area contributed by atoms with E-state index in [9.17, 15) is 24.6 Å². The largest absolute Gasteiger partial charge is 0.508 e. The summed E-state index contributed by atoms with van der Waals surface area (Å²) in [4.78, 5) is 40.2. The van der Waals surface area contributed by atoms with Gasteiger partial charge in [-0.15, -0.1) is 0 Å². The zero-order valence-corrected chi connectivity index (χ0v) is 18.4. The number of hydrogen-bond donors (Lipinski definition) is 3. The number of carboxylic acid groups (broad SMARTS) is 1. The molecule has 3 N–H and O–H groups in total. The molecule has 2 aliphatic heterocycles. The smallest absolute Gasteiger partial charge is 0.324 e. The Bertz CT molecular complexity index is 842. The van der Waals surface area contributed by atoms with E-state index in [1.165, 1.54) is 11.0 Å². The van der Waals surface area contributed by atoms with Gasteiger partial charge in [0, 0.05) is 22.6 Å². The monoisotopic (exact) mass is 466 g/mol. The Hall–Kier alpha value is -1.93. The van der Waals surface area contributed by atoms with Gasteiger partial charge in [-0.25, -0.2) is 0 Å². The van der Waals surface area contributed by atoms with Crippen molar-refractivity contribution in [1.29, 1.82) is 0 Å². The number of nitrogens with zero attached hydrogens (tertiary/aromatic N) is 1. The van der Waals surface area contributed by atoms with Crippen LogP contribution in [0.5, 0.6) is 5.75 Å². The number of phenols is 1. The highest BCUT2D eigenvalue weighted by molar-refractivity contribution is 9.10. The second-order valence-electron chi connectivity index (χ2n) is 8.38. The Kier molecular flexibility index (Phi) is 6.06. The molecule has 3 rings (SSSR count). The number of unbranched alkanes of at least 4 members (excludes halogenated alkanes) is 1. The number of benzene rings is 1. The number of carbonyl (C=O) groups excluding carboxylic acids is 2. The molecule has 0 unspecified atom stereocenters. The number of carbonyl (C=O) groups is 3. The van der Waals surface area contributed by atoms with Crippen LogP contribution < -0.4 is 5.32 Å². The molecule has 158 valence electrons. The summed E-state index contributed by atoms with van der Waals surface area (Å²) in [5.41, 5.74) is -1.15. The highest BCUT2D eigenvalue weighted by Gasteiger charge is 2.68. The maximum Gasteiger partial charge on any atom is 0.324 e. The van der Waals surface area contributed by atoms with Gasteiger partial charge < -0.3 is 10.2 Å². The third kappa shape index (κ3) is 3.57. The van der Waals surface area contributed by atoms with Crippen molar-refractivity contribution in [3.8, 4) is 5.75 Å².